The SMILES string of the molecule is CCCCPC(C)(C)C. The average Bonchev–Trinajstić information content (AvgIpc) is 1.63. The van der Waals surface area contributed by atoms with Gasteiger partial charge in [-0.05, 0) is 17.7 Å². The van der Waals surface area contributed by atoms with Crippen molar-refractivity contribution in [2.75, 3.05) is 6.16 Å². The highest BCUT2D eigenvalue weighted by atomic mass is 31.1. The van der Waals surface area contributed by atoms with Gasteiger partial charge < -0.3 is 0 Å². The van der Waals surface area contributed by atoms with E-state index in [4.69, 9.17) is 0 Å². The van der Waals surface area contributed by atoms with E-state index in [-0.39, 0.29) is 0 Å². The molecular weight excluding hydrogens is 127 g/mol. The zero-order valence-corrected chi connectivity index (χ0v) is 8.12. The van der Waals surface area contributed by atoms with Crippen molar-refractivity contribution in [3.05, 3.63) is 0 Å². The van der Waals surface area contributed by atoms with Crippen LogP contribution >= 0.6 is 8.58 Å². The van der Waals surface area contributed by atoms with Crippen molar-refractivity contribution < 1.29 is 0 Å². The molecule has 1 heteroatoms. The fourth-order valence-electron chi connectivity index (χ4n) is 0.640. The highest BCUT2D eigenvalue weighted by Gasteiger charge is 2.07. The summed E-state index contributed by atoms with van der Waals surface area (Å²) in [6, 6.07) is 0. The van der Waals surface area contributed by atoms with Gasteiger partial charge in [0.1, 0.15) is 0 Å². The fourth-order valence-corrected chi connectivity index (χ4v) is 1.92. The molecule has 0 spiro atoms. The summed E-state index contributed by atoms with van der Waals surface area (Å²) in [6.07, 6.45) is 4.19. The van der Waals surface area contributed by atoms with Crippen LogP contribution in [0.4, 0.5) is 0 Å². The first-order chi connectivity index (χ1) is 4.06. The molecule has 0 aliphatic heterocycles. The molecule has 1 atom stereocenters. The standard InChI is InChI=1S/C8H19P/c1-5-6-7-9-8(2,3)4/h9H,5-7H2,1-4H3. The van der Waals surface area contributed by atoms with Crippen molar-refractivity contribution in [2.24, 2.45) is 0 Å². The van der Waals surface area contributed by atoms with Gasteiger partial charge in [-0.3, -0.25) is 0 Å². The Kier molecular flexibility index (Phi) is 4.48. The largest absolute Gasteiger partial charge is 0.117 e. The van der Waals surface area contributed by atoms with Crippen LogP contribution in [0.25, 0.3) is 0 Å². The summed E-state index contributed by atoms with van der Waals surface area (Å²) in [5.74, 6) is 0. The van der Waals surface area contributed by atoms with Gasteiger partial charge in [0, 0.05) is 0 Å². The number of hydrogen-bond acceptors (Lipinski definition) is 0. The van der Waals surface area contributed by atoms with E-state index in [2.05, 4.69) is 27.7 Å². The fraction of sp³-hybridized carbons (Fsp3) is 1.00. The molecule has 1 unspecified atom stereocenters. The minimum Gasteiger partial charge on any atom is -0.117 e. The van der Waals surface area contributed by atoms with Crippen LogP contribution in [-0.4, -0.2) is 11.3 Å². The molecule has 0 N–H and O–H groups in total. The number of unbranched alkanes of at least 4 members (excludes halogenated alkanes) is 1. The van der Waals surface area contributed by atoms with E-state index in [0.717, 1.165) is 8.58 Å². The summed E-state index contributed by atoms with van der Waals surface area (Å²) >= 11 is 0. The Hall–Kier alpha value is 0.430. The smallest absolute Gasteiger partial charge is 0.0207 e. The van der Waals surface area contributed by atoms with Gasteiger partial charge in [-0.2, -0.15) is 0 Å². The first-order valence-corrected chi connectivity index (χ1v) is 5.02. The molecule has 0 aromatic heterocycles. The van der Waals surface area contributed by atoms with Crippen LogP contribution < -0.4 is 0 Å². The lowest BCUT2D eigenvalue weighted by molar-refractivity contribution is 0.783. The van der Waals surface area contributed by atoms with E-state index < -0.39 is 0 Å². The first-order valence-electron chi connectivity index (χ1n) is 3.81. The van der Waals surface area contributed by atoms with E-state index >= 15 is 0 Å². The summed E-state index contributed by atoms with van der Waals surface area (Å²) in [5, 5.41) is 0.579. The van der Waals surface area contributed by atoms with Gasteiger partial charge in [0.2, 0.25) is 0 Å². The van der Waals surface area contributed by atoms with Gasteiger partial charge in [-0.1, -0.05) is 34.1 Å². The van der Waals surface area contributed by atoms with E-state index in [1.165, 1.54) is 19.0 Å². The summed E-state index contributed by atoms with van der Waals surface area (Å²) in [7, 11) is 1.15. The molecule has 0 saturated heterocycles. The second-order valence-corrected chi connectivity index (χ2v) is 5.88. The van der Waals surface area contributed by atoms with Crippen LogP contribution in [0.5, 0.6) is 0 Å². The monoisotopic (exact) mass is 146 g/mol. The second kappa shape index (κ2) is 4.28. The molecule has 9 heavy (non-hydrogen) atoms. The summed E-state index contributed by atoms with van der Waals surface area (Å²) in [5.41, 5.74) is 0. The van der Waals surface area contributed by atoms with Crippen LogP contribution in [0.3, 0.4) is 0 Å². The van der Waals surface area contributed by atoms with E-state index in [9.17, 15) is 0 Å². The van der Waals surface area contributed by atoms with Gasteiger partial charge in [-0.15, -0.1) is 8.58 Å². The summed E-state index contributed by atoms with van der Waals surface area (Å²) < 4.78 is 0. The Bertz CT molecular complexity index is 61.5. The zero-order chi connectivity index (χ0) is 7.33. The highest BCUT2D eigenvalue weighted by molar-refractivity contribution is 7.39. The van der Waals surface area contributed by atoms with Gasteiger partial charge in [0.25, 0.3) is 0 Å². The Morgan fingerprint density at radius 1 is 1.22 bits per heavy atom. The lowest BCUT2D eigenvalue weighted by Gasteiger charge is -2.17. The Balaban J connectivity index is 3.07. The lowest BCUT2D eigenvalue weighted by Crippen LogP contribution is -2.05. The predicted molar refractivity (Wildman–Crippen MR) is 47.8 cm³/mol. The third kappa shape index (κ3) is 8.43. The molecular formula is C8H19P. The first kappa shape index (κ1) is 9.43. The quantitative estimate of drug-likeness (QED) is 0.423. The second-order valence-electron chi connectivity index (χ2n) is 3.53. The van der Waals surface area contributed by atoms with Crippen molar-refractivity contribution in [1.29, 1.82) is 0 Å². The van der Waals surface area contributed by atoms with Crippen molar-refractivity contribution in [3.63, 3.8) is 0 Å². The molecule has 0 radical (unpaired) electrons. The summed E-state index contributed by atoms with van der Waals surface area (Å²) in [6.45, 7) is 9.22. The van der Waals surface area contributed by atoms with Gasteiger partial charge in [0.05, 0.1) is 0 Å². The molecule has 0 rings (SSSR count). The van der Waals surface area contributed by atoms with Crippen LogP contribution in [-0.2, 0) is 0 Å². The molecule has 0 bridgehead atoms. The number of hydrogen-bond donors (Lipinski definition) is 0. The molecule has 0 nitrogen and oxygen atoms in total. The minimum absolute atomic E-state index is 0.579. The third-order valence-corrected chi connectivity index (χ3v) is 2.85. The van der Waals surface area contributed by atoms with E-state index in [1.54, 1.807) is 0 Å². The molecule has 56 valence electrons. The highest BCUT2D eigenvalue weighted by Crippen LogP contribution is 2.30. The molecule has 0 aliphatic rings. The van der Waals surface area contributed by atoms with Crippen LogP contribution in [0.2, 0.25) is 0 Å². The van der Waals surface area contributed by atoms with Gasteiger partial charge in [0.15, 0.2) is 0 Å². The third-order valence-electron chi connectivity index (χ3n) is 1.19. The van der Waals surface area contributed by atoms with Gasteiger partial charge in [-0.25, -0.2) is 0 Å². The zero-order valence-electron chi connectivity index (χ0n) is 7.12. The maximum Gasteiger partial charge on any atom is -0.0207 e. The van der Waals surface area contributed by atoms with Crippen LogP contribution in [0, 0.1) is 0 Å². The minimum atomic E-state index is 0.579. The molecule has 0 saturated carbocycles. The van der Waals surface area contributed by atoms with E-state index in [1.807, 2.05) is 0 Å². The van der Waals surface area contributed by atoms with Crippen LogP contribution in [0.15, 0.2) is 0 Å². The maximum absolute atomic E-state index is 2.32. The van der Waals surface area contributed by atoms with Gasteiger partial charge >= 0.3 is 0 Å². The average molecular weight is 146 g/mol. The van der Waals surface area contributed by atoms with Crippen molar-refractivity contribution >= 4 is 8.58 Å². The maximum atomic E-state index is 2.32. The Morgan fingerprint density at radius 2 is 1.78 bits per heavy atom. The van der Waals surface area contributed by atoms with Crippen LogP contribution in [0.1, 0.15) is 40.5 Å². The van der Waals surface area contributed by atoms with Crippen molar-refractivity contribution in [3.8, 4) is 0 Å². The Morgan fingerprint density at radius 3 is 2.11 bits per heavy atom. The molecule has 0 aliphatic carbocycles. The Labute approximate surface area is 61.2 Å². The topological polar surface area (TPSA) is 0 Å². The van der Waals surface area contributed by atoms with Crippen molar-refractivity contribution in [2.45, 2.75) is 45.7 Å². The molecule has 0 aromatic rings. The molecule has 0 fully saturated rings. The number of rotatable bonds is 3. The van der Waals surface area contributed by atoms with E-state index in [0.29, 0.717) is 5.16 Å². The summed E-state index contributed by atoms with van der Waals surface area (Å²) in [4.78, 5) is 0. The molecule has 0 amide bonds. The molecule has 0 heterocycles. The molecule has 0 aromatic carbocycles. The van der Waals surface area contributed by atoms with Crippen molar-refractivity contribution in [1.82, 2.24) is 0 Å². The normalized spacial score (nSPS) is 13.3. The predicted octanol–water partition coefficient (Wildman–Crippen LogP) is 3.26. The lowest BCUT2D eigenvalue weighted by atomic mass is 10.3.